The second-order valence-corrected chi connectivity index (χ2v) is 7.81. The van der Waals surface area contributed by atoms with Gasteiger partial charge in [0.15, 0.2) is 0 Å². The molecular formula is C22H32N4O5. The lowest BCUT2D eigenvalue weighted by Crippen LogP contribution is -2.54. The number of hydrogen-bond acceptors (Lipinski definition) is 5. The number of aryl methyl sites for hydroxylation is 1. The van der Waals surface area contributed by atoms with Crippen LogP contribution >= 0.6 is 0 Å². The number of hydrogen-bond donors (Lipinski definition) is 5. The Hall–Kier alpha value is -2.94. The van der Waals surface area contributed by atoms with E-state index in [1.807, 2.05) is 30.3 Å². The van der Waals surface area contributed by atoms with E-state index in [0.717, 1.165) is 5.56 Å². The van der Waals surface area contributed by atoms with Crippen molar-refractivity contribution in [1.29, 1.82) is 0 Å². The van der Waals surface area contributed by atoms with Crippen LogP contribution in [0.4, 0.5) is 0 Å². The predicted molar refractivity (Wildman–Crippen MR) is 115 cm³/mol. The Balaban J connectivity index is 2.14. The zero-order valence-electron chi connectivity index (χ0n) is 17.9. The lowest BCUT2D eigenvalue weighted by Gasteiger charge is -2.26. The highest BCUT2D eigenvalue weighted by Gasteiger charge is 2.25. The van der Waals surface area contributed by atoms with Gasteiger partial charge in [0.25, 0.3) is 0 Å². The van der Waals surface area contributed by atoms with Gasteiger partial charge in [-0.05, 0) is 37.7 Å². The van der Waals surface area contributed by atoms with Gasteiger partial charge in [-0.2, -0.15) is 0 Å². The second-order valence-electron chi connectivity index (χ2n) is 7.81. The molecule has 0 radical (unpaired) electrons. The summed E-state index contributed by atoms with van der Waals surface area (Å²) in [6, 6.07) is 9.08. The minimum absolute atomic E-state index is 0.0697. The Morgan fingerprint density at radius 3 is 2.58 bits per heavy atom. The van der Waals surface area contributed by atoms with E-state index in [1.54, 1.807) is 0 Å². The van der Waals surface area contributed by atoms with Gasteiger partial charge in [0, 0.05) is 26.4 Å². The third-order valence-corrected chi connectivity index (χ3v) is 5.25. The molecule has 3 amide bonds. The largest absolute Gasteiger partial charge is 0.481 e. The zero-order chi connectivity index (χ0) is 22.6. The Labute approximate surface area is 182 Å². The number of carbonyl (C=O) groups excluding carboxylic acids is 3. The summed E-state index contributed by atoms with van der Waals surface area (Å²) in [7, 11) is 0. The number of nitrogens with one attached hydrogen (secondary N) is 4. The highest BCUT2D eigenvalue weighted by molar-refractivity contribution is 5.83. The summed E-state index contributed by atoms with van der Waals surface area (Å²) in [5.74, 6) is -2.56. The first-order chi connectivity index (χ1) is 14.8. The average molecular weight is 433 g/mol. The summed E-state index contributed by atoms with van der Waals surface area (Å²) in [4.78, 5) is 48.1. The molecule has 9 nitrogen and oxygen atoms in total. The fourth-order valence-corrected chi connectivity index (χ4v) is 3.50. The molecule has 0 spiro atoms. The Morgan fingerprint density at radius 2 is 1.90 bits per heavy atom. The SMILES string of the molecule is CC(=O)N[C@@H]1CCCNC(=O)CC[C@@H](C(=O)O)CN[C@@H](CCc2ccccc2)C(=O)N1. The lowest BCUT2D eigenvalue weighted by molar-refractivity contribution is -0.142. The number of carboxylic acids is 1. The molecule has 0 saturated carbocycles. The van der Waals surface area contributed by atoms with Crippen molar-refractivity contribution >= 4 is 23.7 Å². The number of rotatable bonds is 5. The first-order valence-electron chi connectivity index (χ1n) is 10.7. The van der Waals surface area contributed by atoms with Crippen molar-refractivity contribution in [2.45, 2.75) is 57.7 Å². The Kier molecular flexibility index (Phi) is 9.96. The van der Waals surface area contributed by atoms with Gasteiger partial charge < -0.3 is 26.4 Å². The maximum Gasteiger partial charge on any atom is 0.307 e. The summed E-state index contributed by atoms with van der Waals surface area (Å²) in [6.07, 6.45) is 1.86. The van der Waals surface area contributed by atoms with Crippen molar-refractivity contribution in [3.05, 3.63) is 35.9 Å². The number of amides is 3. The molecule has 1 aliphatic rings. The molecule has 2 rings (SSSR count). The van der Waals surface area contributed by atoms with Crippen LogP contribution in [0.15, 0.2) is 30.3 Å². The van der Waals surface area contributed by atoms with Crippen LogP contribution in [-0.4, -0.2) is 54.1 Å². The van der Waals surface area contributed by atoms with Gasteiger partial charge in [0.2, 0.25) is 17.7 Å². The summed E-state index contributed by atoms with van der Waals surface area (Å²) in [6.45, 7) is 1.83. The maximum absolute atomic E-state index is 13.0. The molecule has 1 aromatic carbocycles. The maximum atomic E-state index is 13.0. The number of benzene rings is 1. The van der Waals surface area contributed by atoms with Gasteiger partial charge in [0.05, 0.1) is 12.0 Å². The fraction of sp³-hybridized carbons (Fsp3) is 0.545. The third kappa shape index (κ3) is 9.17. The van der Waals surface area contributed by atoms with Gasteiger partial charge in [0.1, 0.15) is 6.17 Å². The molecule has 9 heteroatoms. The standard InChI is InChI=1S/C22H32N4O5/c1-15(27)25-19-8-5-13-23-20(28)12-10-17(22(30)31)14-24-18(21(29)26-19)11-9-16-6-3-2-4-7-16/h2-4,6-7,17-19,24H,5,8-14H2,1H3,(H,23,28)(H,25,27)(H,26,29)(H,30,31)/t17-,18+,19+/m1/s1. The van der Waals surface area contributed by atoms with Gasteiger partial charge in [-0.1, -0.05) is 30.3 Å². The highest BCUT2D eigenvalue weighted by atomic mass is 16.4. The van der Waals surface area contributed by atoms with E-state index < -0.39 is 24.1 Å². The topological polar surface area (TPSA) is 137 Å². The van der Waals surface area contributed by atoms with Crippen molar-refractivity contribution in [3.63, 3.8) is 0 Å². The fourth-order valence-electron chi connectivity index (χ4n) is 3.50. The molecule has 170 valence electrons. The summed E-state index contributed by atoms with van der Waals surface area (Å²) in [5, 5.41) is 20.9. The summed E-state index contributed by atoms with van der Waals surface area (Å²) in [5.41, 5.74) is 1.07. The zero-order valence-corrected chi connectivity index (χ0v) is 17.9. The lowest BCUT2D eigenvalue weighted by atomic mass is 10.0. The van der Waals surface area contributed by atoms with E-state index in [2.05, 4.69) is 21.3 Å². The summed E-state index contributed by atoms with van der Waals surface area (Å²) >= 11 is 0. The van der Waals surface area contributed by atoms with Crippen molar-refractivity contribution in [3.8, 4) is 0 Å². The monoisotopic (exact) mass is 432 g/mol. The van der Waals surface area contributed by atoms with E-state index >= 15 is 0 Å². The molecular weight excluding hydrogens is 400 g/mol. The molecule has 0 bridgehead atoms. The quantitative estimate of drug-likeness (QED) is 0.461. The van der Waals surface area contributed by atoms with Crippen molar-refractivity contribution in [2.75, 3.05) is 13.1 Å². The minimum atomic E-state index is -1.01. The molecule has 1 heterocycles. The summed E-state index contributed by atoms with van der Waals surface area (Å²) < 4.78 is 0. The molecule has 0 aromatic heterocycles. The molecule has 1 saturated heterocycles. The van der Waals surface area contributed by atoms with Crippen molar-refractivity contribution < 1.29 is 24.3 Å². The van der Waals surface area contributed by atoms with Crippen molar-refractivity contribution in [1.82, 2.24) is 21.3 Å². The molecule has 1 fully saturated rings. The smallest absolute Gasteiger partial charge is 0.307 e. The minimum Gasteiger partial charge on any atom is -0.481 e. The van der Waals surface area contributed by atoms with Gasteiger partial charge >= 0.3 is 5.97 Å². The van der Waals surface area contributed by atoms with E-state index in [4.69, 9.17) is 0 Å². The third-order valence-electron chi connectivity index (χ3n) is 5.25. The average Bonchev–Trinajstić information content (AvgIpc) is 2.72. The predicted octanol–water partition coefficient (Wildman–Crippen LogP) is 0.547. The van der Waals surface area contributed by atoms with Crippen LogP contribution < -0.4 is 21.3 Å². The Bertz CT molecular complexity index is 756. The van der Waals surface area contributed by atoms with E-state index in [-0.39, 0.29) is 37.1 Å². The van der Waals surface area contributed by atoms with Crippen LogP contribution in [0.25, 0.3) is 0 Å². The van der Waals surface area contributed by atoms with Gasteiger partial charge in [-0.3, -0.25) is 19.2 Å². The molecule has 1 aromatic rings. The normalized spacial score (nSPS) is 23.7. The molecule has 3 atom stereocenters. The van der Waals surface area contributed by atoms with Gasteiger partial charge in [-0.15, -0.1) is 0 Å². The van der Waals surface area contributed by atoms with Crippen LogP contribution in [-0.2, 0) is 25.6 Å². The molecule has 5 N–H and O–H groups in total. The molecule has 0 aliphatic carbocycles. The number of aliphatic carboxylic acids is 1. The Morgan fingerprint density at radius 1 is 1.16 bits per heavy atom. The van der Waals surface area contributed by atoms with E-state index in [9.17, 15) is 24.3 Å². The van der Waals surface area contributed by atoms with Crippen LogP contribution in [0.1, 0.15) is 44.6 Å². The first kappa shape index (κ1) is 24.3. The van der Waals surface area contributed by atoms with Gasteiger partial charge in [-0.25, -0.2) is 0 Å². The molecule has 0 unspecified atom stereocenters. The number of carbonyl (C=O) groups is 4. The first-order valence-corrected chi connectivity index (χ1v) is 10.7. The van der Waals surface area contributed by atoms with Crippen LogP contribution in [0.2, 0.25) is 0 Å². The highest BCUT2D eigenvalue weighted by Crippen LogP contribution is 2.10. The van der Waals surface area contributed by atoms with Crippen LogP contribution in [0.3, 0.4) is 0 Å². The second kappa shape index (κ2) is 12.7. The van der Waals surface area contributed by atoms with Crippen molar-refractivity contribution in [2.24, 2.45) is 5.92 Å². The van der Waals surface area contributed by atoms with E-state index in [0.29, 0.717) is 32.2 Å². The van der Waals surface area contributed by atoms with Crippen LogP contribution in [0, 0.1) is 5.92 Å². The molecule has 31 heavy (non-hydrogen) atoms. The van der Waals surface area contributed by atoms with E-state index in [1.165, 1.54) is 6.92 Å². The van der Waals surface area contributed by atoms with Crippen LogP contribution in [0.5, 0.6) is 0 Å². The molecule has 1 aliphatic heterocycles. The number of carboxylic acid groups (broad SMARTS) is 1.